The summed E-state index contributed by atoms with van der Waals surface area (Å²) in [6.45, 7) is 6.91. The number of carbonyl (C=O) groups excluding carboxylic acids is 1. The summed E-state index contributed by atoms with van der Waals surface area (Å²) in [6.07, 6.45) is 2.08. The summed E-state index contributed by atoms with van der Waals surface area (Å²) < 4.78 is 0. The lowest BCUT2D eigenvalue weighted by molar-refractivity contribution is -0.121. The van der Waals surface area contributed by atoms with E-state index in [-0.39, 0.29) is 5.91 Å². The van der Waals surface area contributed by atoms with E-state index in [0.717, 1.165) is 25.1 Å². The van der Waals surface area contributed by atoms with Crippen molar-refractivity contribution in [1.82, 2.24) is 10.2 Å². The Morgan fingerprint density at radius 2 is 1.70 bits per heavy atom. The number of likely N-dealkylation sites (N-methyl/N-ethyl adjacent to an activating group) is 1. The zero-order valence-electron chi connectivity index (χ0n) is 16.3. The Kier molecular flexibility index (Phi) is 8.54. The average molecular weight is 364 g/mol. The van der Waals surface area contributed by atoms with E-state index in [9.17, 15) is 4.79 Å². The molecule has 0 aliphatic carbocycles. The molecule has 2 aromatic rings. The first-order valence-corrected chi connectivity index (χ1v) is 9.70. The van der Waals surface area contributed by atoms with Crippen molar-refractivity contribution in [3.63, 3.8) is 0 Å². The summed E-state index contributed by atoms with van der Waals surface area (Å²) in [4.78, 5) is 14.7. The van der Waals surface area contributed by atoms with Crippen LogP contribution in [0, 0.1) is 11.3 Å². The van der Waals surface area contributed by atoms with Crippen LogP contribution in [0.15, 0.2) is 54.6 Å². The lowest BCUT2D eigenvalue weighted by Crippen LogP contribution is -2.45. The van der Waals surface area contributed by atoms with E-state index in [1.165, 1.54) is 5.56 Å². The van der Waals surface area contributed by atoms with E-state index in [1.807, 2.05) is 18.2 Å². The van der Waals surface area contributed by atoms with E-state index >= 15 is 0 Å². The summed E-state index contributed by atoms with van der Waals surface area (Å²) in [7, 11) is 0. The number of nitrogens with zero attached hydrogens (tertiary/aromatic N) is 2. The maximum atomic E-state index is 12.3. The molecular weight excluding hydrogens is 334 g/mol. The van der Waals surface area contributed by atoms with Gasteiger partial charge in [0.2, 0.25) is 5.91 Å². The SMILES string of the molecule is CCN(CC)C(CNC(=O)CCc1ccc(C#N)cc1)Cc1ccccc1. The molecule has 0 saturated heterocycles. The van der Waals surface area contributed by atoms with E-state index < -0.39 is 0 Å². The van der Waals surface area contributed by atoms with Crippen LogP contribution in [0.4, 0.5) is 0 Å². The number of hydrogen-bond donors (Lipinski definition) is 1. The summed E-state index contributed by atoms with van der Waals surface area (Å²) in [5.74, 6) is 0.0737. The first-order chi connectivity index (χ1) is 13.2. The van der Waals surface area contributed by atoms with Gasteiger partial charge in [-0.2, -0.15) is 5.26 Å². The minimum atomic E-state index is 0.0737. The molecule has 0 aromatic heterocycles. The molecule has 1 amide bonds. The van der Waals surface area contributed by atoms with Crippen LogP contribution < -0.4 is 5.32 Å². The maximum Gasteiger partial charge on any atom is 0.220 e. The van der Waals surface area contributed by atoms with E-state index in [1.54, 1.807) is 12.1 Å². The van der Waals surface area contributed by atoms with Crippen LogP contribution >= 0.6 is 0 Å². The predicted molar refractivity (Wildman–Crippen MR) is 109 cm³/mol. The van der Waals surface area contributed by atoms with Gasteiger partial charge in [0.15, 0.2) is 0 Å². The zero-order valence-corrected chi connectivity index (χ0v) is 16.3. The Balaban J connectivity index is 1.86. The third-order valence-corrected chi connectivity index (χ3v) is 4.90. The number of benzene rings is 2. The normalized spacial score (nSPS) is 11.8. The molecule has 0 fully saturated rings. The van der Waals surface area contributed by atoms with Gasteiger partial charge >= 0.3 is 0 Å². The van der Waals surface area contributed by atoms with Crippen molar-refractivity contribution in [2.45, 2.75) is 39.2 Å². The van der Waals surface area contributed by atoms with Gasteiger partial charge in [0.05, 0.1) is 11.6 Å². The highest BCUT2D eigenvalue weighted by molar-refractivity contribution is 5.76. The fraction of sp³-hybridized carbons (Fsp3) is 0.391. The molecule has 1 atom stereocenters. The summed E-state index contributed by atoms with van der Waals surface area (Å²) >= 11 is 0. The average Bonchev–Trinajstić information content (AvgIpc) is 2.72. The molecule has 1 N–H and O–H groups in total. The summed E-state index contributed by atoms with van der Waals surface area (Å²) in [5.41, 5.74) is 3.01. The number of nitrogens with one attached hydrogen (secondary N) is 1. The first-order valence-electron chi connectivity index (χ1n) is 9.70. The van der Waals surface area contributed by atoms with Crippen LogP contribution in [-0.4, -0.2) is 36.5 Å². The highest BCUT2D eigenvalue weighted by atomic mass is 16.1. The molecule has 2 rings (SSSR count). The Morgan fingerprint density at radius 1 is 1.04 bits per heavy atom. The zero-order chi connectivity index (χ0) is 19.5. The molecule has 2 aromatic carbocycles. The largest absolute Gasteiger partial charge is 0.355 e. The van der Waals surface area contributed by atoms with Crippen molar-refractivity contribution in [1.29, 1.82) is 5.26 Å². The summed E-state index contributed by atoms with van der Waals surface area (Å²) in [5, 5.41) is 12.0. The van der Waals surface area contributed by atoms with Crippen molar-refractivity contribution >= 4 is 5.91 Å². The lowest BCUT2D eigenvalue weighted by atomic mass is 10.0. The second-order valence-electron chi connectivity index (χ2n) is 6.68. The van der Waals surface area contributed by atoms with Gasteiger partial charge in [-0.3, -0.25) is 9.69 Å². The van der Waals surface area contributed by atoms with Gasteiger partial charge in [0, 0.05) is 19.0 Å². The van der Waals surface area contributed by atoms with Crippen LogP contribution in [0.1, 0.15) is 37.0 Å². The standard InChI is InChI=1S/C23H29N3O/c1-3-26(4-2)22(16-20-8-6-5-7-9-20)18-25-23(27)15-14-19-10-12-21(17-24)13-11-19/h5-13,22H,3-4,14-16,18H2,1-2H3,(H,25,27). The van der Waals surface area contributed by atoms with Crippen LogP contribution in [0.3, 0.4) is 0 Å². The third kappa shape index (κ3) is 6.88. The smallest absolute Gasteiger partial charge is 0.220 e. The Bertz CT molecular complexity index is 730. The lowest BCUT2D eigenvalue weighted by Gasteiger charge is -2.30. The van der Waals surface area contributed by atoms with Gasteiger partial charge in [0.1, 0.15) is 0 Å². The predicted octanol–water partition coefficient (Wildman–Crippen LogP) is 3.56. The topological polar surface area (TPSA) is 56.1 Å². The number of nitriles is 1. The van der Waals surface area contributed by atoms with Gasteiger partial charge in [0.25, 0.3) is 0 Å². The molecule has 0 aliphatic heterocycles. The molecular formula is C23H29N3O. The quantitative estimate of drug-likeness (QED) is 0.702. The van der Waals surface area contributed by atoms with Crippen molar-refractivity contribution in [3.05, 3.63) is 71.3 Å². The highest BCUT2D eigenvalue weighted by Gasteiger charge is 2.17. The van der Waals surface area contributed by atoms with Crippen molar-refractivity contribution in [2.75, 3.05) is 19.6 Å². The van der Waals surface area contributed by atoms with Crippen LogP contribution in [0.5, 0.6) is 0 Å². The minimum absolute atomic E-state index is 0.0737. The number of amides is 1. The van der Waals surface area contributed by atoms with Gasteiger partial charge in [-0.1, -0.05) is 56.3 Å². The fourth-order valence-electron chi connectivity index (χ4n) is 3.28. The van der Waals surface area contributed by atoms with E-state index in [4.69, 9.17) is 5.26 Å². The van der Waals surface area contributed by atoms with Gasteiger partial charge in [-0.15, -0.1) is 0 Å². The molecule has 0 saturated carbocycles. The van der Waals surface area contributed by atoms with Crippen molar-refractivity contribution < 1.29 is 4.79 Å². The van der Waals surface area contributed by atoms with Crippen molar-refractivity contribution in [2.24, 2.45) is 0 Å². The molecule has 27 heavy (non-hydrogen) atoms. The number of aryl methyl sites for hydroxylation is 1. The van der Waals surface area contributed by atoms with Gasteiger partial charge in [-0.05, 0) is 49.2 Å². The minimum Gasteiger partial charge on any atom is -0.355 e. The third-order valence-electron chi connectivity index (χ3n) is 4.90. The number of hydrogen-bond acceptors (Lipinski definition) is 3. The van der Waals surface area contributed by atoms with Crippen LogP contribution in [-0.2, 0) is 17.6 Å². The van der Waals surface area contributed by atoms with Crippen molar-refractivity contribution in [3.8, 4) is 6.07 Å². The molecule has 142 valence electrons. The monoisotopic (exact) mass is 363 g/mol. The number of rotatable bonds is 10. The molecule has 0 spiro atoms. The molecule has 1 unspecified atom stereocenters. The Hall–Kier alpha value is -2.64. The van der Waals surface area contributed by atoms with Crippen LogP contribution in [0.2, 0.25) is 0 Å². The first kappa shape index (κ1) is 20.7. The van der Waals surface area contributed by atoms with Gasteiger partial charge < -0.3 is 5.32 Å². The molecule has 0 bridgehead atoms. The maximum absolute atomic E-state index is 12.3. The van der Waals surface area contributed by atoms with E-state index in [2.05, 4.69) is 54.4 Å². The molecule has 0 heterocycles. The van der Waals surface area contributed by atoms with E-state index in [0.29, 0.717) is 31.0 Å². The second-order valence-corrected chi connectivity index (χ2v) is 6.68. The fourth-order valence-corrected chi connectivity index (χ4v) is 3.28. The molecule has 0 radical (unpaired) electrons. The van der Waals surface area contributed by atoms with Crippen LogP contribution in [0.25, 0.3) is 0 Å². The molecule has 4 heteroatoms. The van der Waals surface area contributed by atoms with Gasteiger partial charge in [-0.25, -0.2) is 0 Å². The number of carbonyl (C=O) groups is 1. The summed E-state index contributed by atoms with van der Waals surface area (Å²) in [6, 6.07) is 20.3. The Labute approximate surface area is 162 Å². The highest BCUT2D eigenvalue weighted by Crippen LogP contribution is 2.09. The second kappa shape index (κ2) is 11.2. The Morgan fingerprint density at radius 3 is 2.30 bits per heavy atom. The molecule has 4 nitrogen and oxygen atoms in total. The molecule has 0 aliphatic rings.